The lowest BCUT2D eigenvalue weighted by atomic mass is 9.79. The molecule has 1 aliphatic rings. The maximum atomic E-state index is 14.9. The van der Waals surface area contributed by atoms with E-state index >= 15 is 0 Å². The van der Waals surface area contributed by atoms with Crippen molar-refractivity contribution in [3.05, 3.63) is 76.7 Å². The van der Waals surface area contributed by atoms with Crippen LogP contribution in [0.25, 0.3) is 11.1 Å². The van der Waals surface area contributed by atoms with Gasteiger partial charge in [-0.3, -0.25) is 4.79 Å². The molecule has 6 heteroatoms. The smallest absolute Gasteiger partial charge is 0.304 e. The van der Waals surface area contributed by atoms with E-state index in [2.05, 4.69) is 37.9 Å². The molecule has 1 aliphatic carbocycles. The average Bonchev–Trinajstić information content (AvgIpc) is 3.18. The van der Waals surface area contributed by atoms with Gasteiger partial charge < -0.3 is 14.6 Å². The van der Waals surface area contributed by atoms with E-state index in [9.17, 15) is 14.3 Å². The van der Waals surface area contributed by atoms with Gasteiger partial charge in [0.2, 0.25) is 5.88 Å². The van der Waals surface area contributed by atoms with Gasteiger partial charge in [-0.2, -0.15) is 0 Å². The lowest BCUT2D eigenvalue weighted by molar-refractivity contribution is -0.138. The number of halogens is 1. The summed E-state index contributed by atoms with van der Waals surface area (Å²) in [4.78, 5) is 15.5. The zero-order valence-corrected chi connectivity index (χ0v) is 23.1. The molecule has 5 nitrogen and oxygen atoms in total. The van der Waals surface area contributed by atoms with Crippen molar-refractivity contribution in [1.82, 2.24) is 4.98 Å². The highest BCUT2D eigenvalue weighted by molar-refractivity contribution is 5.70. The number of hydrogen-bond donors (Lipinski definition) is 1. The fraction of sp³-hybridized carbons (Fsp3) is 0.438. The molecule has 0 saturated carbocycles. The van der Waals surface area contributed by atoms with Crippen molar-refractivity contribution >= 4 is 5.97 Å². The Morgan fingerprint density at radius 2 is 1.95 bits per heavy atom. The fourth-order valence-electron chi connectivity index (χ4n) is 5.82. The number of fused-ring (bicyclic) bond motifs is 1. The van der Waals surface area contributed by atoms with Gasteiger partial charge in [0.05, 0.1) is 19.7 Å². The molecule has 202 valence electrons. The van der Waals surface area contributed by atoms with Crippen LogP contribution in [0, 0.1) is 11.2 Å². The number of carbonyl (C=O) groups is 1. The third-order valence-corrected chi connectivity index (χ3v) is 7.72. The first-order valence-electron chi connectivity index (χ1n) is 13.3. The molecule has 0 spiro atoms. The molecule has 4 rings (SSSR count). The molecule has 3 aromatic rings. The van der Waals surface area contributed by atoms with Gasteiger partial charge in [-0.1, -0.05) is 58.4 Å². The molecule has 1 atom stereocenters. The summed E-state index contributed by atoms with van der Waals surface area (Å²) in [6.45, 7) is 9.04. The molecule has 0 aliphatic heterocycles. The first-order valence-corrected chi connectivity index (χ1v) is 13.3. The van der Waals surface area contributed by atoms with Crippen LogP contribution in [-0.2, 0) is 29.7 Å². The predicted molar refractivity (Wildman–Crippen MR) is 147 cm³/mol. The Morgan fingerprint density at radius 1 is 1.16 bits per heavy atom. The van der Waals surface area contributed by atoms with E-state index in [0.717, 1.165) is 60.1 Å². The van der Waals surface area contributed by atoms with Gasteiger partial charge >= 0.3 is 5.97 Å². The molecule has 1 N–H and O–H groups in total. The van der Waals surface area contributed by atoms with E-state index in [4.69, 9.17) is 9.47 Å². The number of rotatable bonds is 11. The minimum atomic E-state index is -0.784. The molecule has 1 aromatic heterocycles. The van der Waals surface area contributed by atoms with Crippen molar-refractivity contribution in [3.8, 4) is 22.8 Å². The van der Waals surface area contributed by atoms with Gasteiger partial charge in [-0.25, -0.2) is 9.37 Å². The van der Waals surface area contributed by atoms with Gasteiger partial charge in [-0.15, -0.1) is 0 Å². The van der Waals surface area contributed by atoms with Crippen LogP contribution < -0.4 is 9.47 Å². The minimum absolute atomic E-state index is 0.0468. The van der Waals surface area contributed by atoms with E-state index in [-0.39, 0.29) is 23.1 Å². The predicted octanol–water partition coefficient (Wildman–Crippen LogP) is 7.52. The van der Waals surface area contributed by atoms with Crippen molar-refractivity contribution in [1.29, 1.82) is 0 Å². The maximum absolute atomic E-state index is 14.9. The minimum Gasteiger partial charge on any atom is -0.489 e. The van der Waals surface area contributed by atoms with Crippen LogP contribution in [0.15, 0.2) is 48.7 Å². The topological polar surface area (TPSA) is 68.7 Å². The summed E-state index contributed by atoms with van der Waals surface area (Å²) in [6, 6.07) is 13.7. The number of aromatic nitrogens is 1. The van der Waals surface area contributed by atoms with Crippen LogP contribution in [0.3, 0.4) is 0 Å². The molecular formula is C32H38FNO4. The second-order valence-electron chi connectivity index (χ2n) is 11.5. The number of benzene rings is 2. The normalized spacial score (nSPS) is 16.8. The Hall–Kier alpha value is -3.41. The lowest BCUT2D eigenvalue weighted by Gasteiger charge is -2.26. The van der Waals surface area contributed by atoms with Crippen LogP contribution in [0.2, 0.25) is 0 Å². The number of nitrogens with zero attached hydrogens (tertiary/aromatic N) is 1. The summed E-state index contributed by atoms with van der Waals surface area (Å²) in [5, 5.41) is 9.41. The van der Waals surface area contributed by atoms with E-state index in [1.807, 2.05) is 31.2 Å². The second kappa shape index (κ2) is 11.1. The SMILES string of the molecule is CCCC(C)(C)Cc1cc(COc2ccc3c(c2)[C@@](C)(CC(=O)O)CC3)ccc1-c1cc(OC)ncc1F. The second-order valence-corrected chi connectivity index (χ2v) is 11.5. The van der Waals surface area contributed by atoms with Crippen molar-refractivity contribution in [3.63, 3.8) is 0 Å². The van der Waals surface area contributed by atoms with Crippen molar-refractivity contribution in [2.45, 2.75) is 78.2 Å². The molecule has 38 heavy (non-hydrogen) atoms. The van der Waals surface area contributed by atoms with Gasteiger partial charge in [0.25, 0.3) is 0 Å². The molecule has 0 saturated heterocycles. The highest BCUT2D eigenvalue weighted by Gasteiger charge is 2.36. The number of carboxylic acids is 1. The zero-order valence-electron chi connectivity index (χ0n) is 23.1. The first kappa shape index (κ1) is 27.6. The van der Waals surface area contributed by atoms with Crippen molar-refractivity contribution in [2.75, 3.05) is 7.11 Å². The fourth-order valence-corrected chi connectivity index (χ4v) is 5.82. The Bertz CT molecular complexity index is 1320. The average molecular weight is 520 g/mol. The number of aryl methyl sites for hydroxylation is 1. The molecule has 0 amide bonds. The lowest BCUT2D eigenvalue weighted by Crippen LogP contribution is -2.22. The summed E-state index contributed by atoms with van der Waals surface area (Å²) < 4.78 is 26.4. The van der Waals surface area contributed by atoms with E-state index in [1.54, 1.807) is 6.07 Å². The number of methoxy groups -OCH3 is 1. The Balaban J connectivity index is 1.62. The number of aliphatic carboxylic acids is 1. The van der Waals surface area contributed by atoms with Crippen LogP contribution in [0.5, 0.6) is 11.6 Å². The highest BCUT2D eigenvalue weighted by atomic mass is 19.1. The van der Waals surface area contributed by atoms with Crippen LogP contribution >= 0.6 is 0 Å². The monoisotopic (exact) mass is 519 g/mol. The van der Waals surface area contributed by atoms with Gasteiger partial charge in [0, 0.05) is 17.0 Å². The maximum Gasteiger partial charge on any atom is 0.304 e. The van der Waals surface area contributed by atoms with E-state index in [0.29, 0.717) is 18.1 Å². The van der Waals surface area contributed by atoms with Crippen molar-refractivity contribution in [2.24, 2.45) is 5.41 Å². The van der Waals surface area contributed by atoms with Crippen molar-refractivity contribution < 1.29 is 23.8 Å². The van der Waals surface area contributed by atoms with Crippen LogP contribution in [0.4, 0.5) is 4.39 Å². The van der Waals surface area contributed by atoms with E-state index < -0.39 is 5.97 Å². The summed E-state index contributed by atoms with van der Waals surface area (Å²) in [7, 11) is 1.53. The first-order chi connectivity index (χ1) is 18.0. The number of pyridine rings is 1. The van der Waals surface area contributed by atoms with Gasteiger partial charge in [-0.05, 0) is 71.0 Å². The van der Waals surface area contributed by atoms with E-state index in [1.165, 1.54) is 18.9 Å². The molecule has 0 radical (unpaired) electrons. The summed E-state index contributed by atoms with van der Waals surface area (Å²) in [6.07, 6.45) is 5.94. The third kappa shape index (κ3) is 6.17. The molecule has 0 unspecified atom stereocenters. The summed E-state index contributed by atoms with van der Waals surface area (Å²) >= 11 is 0. The zero-order chi connectivity index (χ0) is 27.5. The highest BCUT2D eigenvalue weighted by Crippen LogP contribution is 2.43. The van der Waals surface area contributed by atoms with Crippen LogP contribution in [-0.4, -0.2) is 23.2 Å². The summed E-state index contributed by atoms with van der Waals surface area (Å²) in [5.74, 6) is -0.0661. The molecule has 0 fully saturated rings. The molecular weight excluding hydrogens is 481 g/mol. The van der Waals surface area contributed by atoms with Gasteiger partial charge in [0.1, 0.15) is 18.2 Å². The number of carboxylic acid groups (broad SMARTS) is 1. The number of hydrogen-bond acceptors (Lipinski definition) is 4. The molecule has 2 aromatic carbocycles. The third-order valence-electron chi connectivity index (χ3n) is 7.72. The molecule has 1 heterocycles. The molecule has 0 bridgehead atoms. The quantitative estimate of drug-likeness (QED) is 0.284. The Labute approximate surface area is 225 Å². The Kier molecular flexibility index (Phi) is 8.10. The van der Waals surface area contributed by atoms with Gasteiger partial charge in [0.15, 0.2) is 0 Å². The number of ether oxygens (including phenoxy) is 2. The largest absolute Gasteiger partial charge is 0.489 e. The summed E-state index contributed by atoms with van der Waals surface area (Å²) in [5.41, 5.74) is 5.28. The standard InChI is InChI=1S/C32H38FNO4/c1-6-12-31(2,3)17-23-14-21(7-10-25(23)26-16-29(37-5)34-19-28(26)33)20-38-24-9-8-22-11-13-32(4,18-30(35)36)27(22)15-24/h7-10,14-16,19H,6,11-13,17-18,20H2,1-5H3,(H,35,36)/t32-/m1/s1. The Morgan fingerprint density at radius 3 is 2.66 bits per heavy atom. The van der Waals surface area contributed by atoms with Crippen LogP contribution in [0.1, 0.15) is 75.6 Å².